The third-order valence-corrected chi connectivity index (χ3v) is 5.36. The van der Waals surface area contributed by atoms with Gasteiger partial charge in [0.05, 0.1) is 11.5 Å². The minimum absolute atomic E-state index is 0.0994. The predicted octanol–water partition coefficient (Wildman–Crippen LogP) is 0.256. The molecule has 112 valence electrons. The van der Waals surface area contributed by atoms with Crippen molar-refractivity contribution in [3.05, 3.63) is 11.4 Å². The van der Waals surface area contributed by atoms with E-state index in [1.807, 2.05) is 25.7 Å². The molecule has 2 rings (SSSR count). The van der Waals surface area contributed by atoms with Crippen LogP contribution in [0.4, 0.5) is 11.6 Å². The molecule has 1 unspecified atom stereocenters. The number of anilines is 2. The van der Waals surface area contributed by atoms with E-state index in [0.29, 0.717) is 24.6 Å². The molecule has 1 aromatic rings. The number of sulfone groups is 1. The zero-order chi connectivity index (χ0) is 14.9. The van der Waals surface area contributed by atoms with Gasteiger partial charge in [-0.3, -0.25) is 0 Å². The zero-order valence-electron chi connectivity index (χ0n) is 12.0. The van der Waals surface area contributed by atoms with Crippen molar-refractivity contribution in [2.75, 3.05) is 28.4 Å². The highest BCUT2D eigenvalue weighted by atomic mass is 32.2. The summed E-state index contributed by atoms with van der Waals surface area (Å²) in [4.78, 5) is 10.9. The van der Waals surface area contributed by atoms with E-state index in [1.54, 1.807) is 0 Å². The molecule has 1 aliphatic rings. The van der Waals surface area contributed by atoms with Crippen LogP contribution < -0.4 is 16.2 Å². The Bertz CT molecular complexity index is 602. The Morgan fingerprint density at radius 3 is 2.70 bits per heavy atom. The fourth-order valence-electron chi connectivity index (χ4n) is 2.44. The molecule has 8 heteroatoms. The van der Waals surface area contributed by atoms with E-state index in [-0.39, 0.29) is 17.5 Å². The second kappa shape index (κ2) is 5.53. The molecule has 20 heavy (non-hydrogen) atoms. The molecular weight excluding hydrogens is 278 g/mol. The standard InChI is InChI=1S/C12H21N5O2S/c1-4-10-14-11(16-13)9(3)12(15-10)17-5-6-20(18,19)7-8(17)2/h8H,4-7,13H2,1-3H3,(H,14,15,16). The summed E-state index contributed by atoms with van der Waals surface area (Å²) in [6, 6.07) is -0.0994. The number of hydrogen-bond donors (Lipinski definition) is 2. The number of hydrogen-bond acceptors (Lipinski definition) is 7. The number of nitrogens with zero attached hydrogens (tertiary/aromatic N) is 3. The summed E-state index contributed by atoms with van der Waals surface area (Å²) in [6.45, 7) is 6.21. The van der Waals surface area contributed by atoms with Crippen molar-refractivity contribution in [2.45, 2.75) is 33.2 Å². The van der Waals surface area contributed by atoms with E-state index in [9.17, 15) is 8.42 Å². The van der Waals surface area contributed by atoms with Crippen LogP contribution in [0.25, 0.3) is 0 Å². The summed E-state index contributed by atoms with van der Waals surface area (Å²) in [5.74, 6) is 7.87. The van der Waals surface area contributed by atoms with Crippen LogP contribution in [0.15, 0.2) is 0 Å². The molecule has 1 aliphatic heterocycles. The Hall–Kier alpha value is -1.41. The second-order valence-electron chi connectivity index (χ2n) is 5.09. The lowest BCUT2D eigenvalue weighted by molar-refractivity contribution is 0.566. The monoisotopic (exact) mass is 299 g/mol. The van der Waals surface area contributed by atoms with Crippen molar-refractivity contribution in [3.63, 3.8) is 0 Å². The van der Waals surface area contributed by atoms with Crippen molar-refractivity contribution >= 4 is 21.5 Å². The zero-order valence-corrected chi connectivity index (χ0v) is 12.9. The molecule has 0 bridgehead atoms. The molecular formula is C12H21N5O2S. The first kappa shape index (κ1) is 15.0. The molecule has 1 atom stereocenters. The summed E-state index contributed by atoms with van der Waals surface area (Å²) >= 11 is 0. The highest BCUT2D eigenvalue weighted by Gasteiger charge is 2.30. The van der Waals surface area contributed by atoms with Gasteiger partial charge in [-0.05, 0) is 13.8 Å². The van der Waals surface area contributed by atoms with Crippen LogP contribution in [0.3, 0.4) is 0 Å². The Morgan fingerprint density at radius 2 is 2.15 bits per heavy atom. The van der Waals surface area contributed by atoms with Gasteiger partial charge < -0.3 is 10.3 Å². The van der Waals surface area contributed by atoms with Gasteiger partial charge in [-0.1, -0.05) is 6.92 Å². The minimum Gasteiger partial charge on any atom is -0.351 e. The summed E-state index contributed by atoms with van der Waals surface area (Å²) in [6.07, 6.45) is 0.697. The molecule has 2 heterocycles. The Kier molecular flexibility index (Phi) is 4.14. The van der Waals surface area contributed by atoms with E-state index in [2.05, 4.69) is 15.4 Å². The van der Waals surface area contributed by atoms with E-state index in [1.165, 1.54) is 0 Å². The molecule has 0 spiro atoms. The van der Waals surface area contributed by atoms with Crippen LogP contribution >= 0.6 is 0 Å². The molecule has 1 saturated heterocycles. The first-order valence-electron chi connectivity index (χ1n) is 6.69. The van der Waals surface area contributed by atoms with Crippen molar-refractivity contribution < 1.29 is 8.42 Å². The number of nitrogens with two attached hydrogens (primary N) is 1. The third-order valence-electron chi connectivity index (χ3n) is 3.56. The average molecular weight is 299 g/mol. The number of rotatable bonds is 3. The largest absolute Gasteiger partial charge is 0.351 e. The molecule has 0 saturated carbocycles. The summed E-state index contributed by atoms with van der Waals surface area (Å²) in [5.41, 5.74) is 3.43. The quantitative estimate of drug-likeness (QED) is 0.609. The molecule has 7 nitrogen and oxygen atoms in total. The lowest BCUT2D eigenvalue weighted by Crippen LogP contribution is -2.47. The fourth-order valence-corrected chi connectivity index (χ4v) is 4.00. The normalized spacial score (nSPS) is 21.8. The summed E-state index contributed by atoms with van der Waals surface area (Å²) in [7, 11) is -2.94. The van der Waals surface area contributed by atoms with Crippen molar-refractivity contribution in [3.8, 4) is 0 Å². The maximum atomic E-state index is 11.7. The number of nitrogen functional groups attached to an aromatic ring is 1. The molecule has 3 N–H and O–H groups in total. The topological polar surface area (TPSA) is 101 Å². The van der Waals surface area contributed by atoms with Crippen molar-refractivity contribution in [1.82, 2.24) is 9.97 Å². The highest BCUT2D eigenvalue weighted by Crippen LogP contribution is 2.27. The second-order valence-corrected chi connectivity index (χ2v) is 7.32. The van der Waals surface area contributed by atoms with Gasteiger partial charge in [0.15, 0.2) is 9.84 Å². The number of aryl methyl sites for hydroxylation is 1. The van der Waals surface area contributed by atoms with Crippen LogP contribution in [-0.2, 0) is 16.3 Å². The molecule has 1 fully saturated rings. The van der Waals surface area contributed by atoms with E-state index < -0.39 is 9.84 Å². The van der Waals surface area contributed by atoms with Gasteiger partial charge in [0.1, 0.15) is 17.5 Å². The number of aromatic nitrogens is 2. The summed E-state index contributed by atoms with van der Waals surface area (Å²) in [5, 5.41) is 0. The highest BCUT2D eigenvalue weighted by molar-refractivity contribution is 7.91. The van der Waals surface area contributed by atoms with Crippen LogP contribution in [0, 0.1) is 6.92 Å². The lowest BCUT2D eigenvalue weighted by atomic mass is 10.2. The molecule has 0 radical (unpaired) electrons. The molecule has 1 aromatic heterocycles. The smallest absolute Gasteiger partial charge is 0.154 e. The molecule has 0 aliphatic carbocycles. The van der Waals surface area contributed by atoms with E-state index >= 15 is 0 Å². The number of hydrazine groups is 1. The van der Waals surface area contributed by atoms with Crippen LogP contribution in [0.5, 0.6) is 0 Å². The van der Waals surface area contributed by atoms with Gasteiger partial charge in [-0.25, -0.2) is 24.2 Å². The lowest BCUT2D eigenvalue weighted by Gasteiger charge is -2.35. The van der Waals surface area contributed by atoms with Gasteiger partial charge >= 0.3 is 0 Å². The van der Waals surface area contributed by atoms with Crippen LogP contribution in [0.2, 0.25) is 0 Å². The van der Waals surface area contributed by atoms with Gasteiger partial charge in [-0.15, -0.1) is 0 Å². The maximum Gasteiger partial charge on any atom is 0.154 e. The SMILES string of the molecule is CCc1nc(NN)c(C)c(N2CCS(=O)(=O)CC2C)n1. The Balaban J connectivity index is 2.42. The Morgan fingerprint density at radius 1 is 1.45 bits per heavy atom. The van der Waals surface area contributed by atoms with E-state index in [4.69, 9.17) is 5.84 Å². The van der Waals surface area contributed by atoms with Crippen LogP contribution in [0.1, 0.15) is 25.2 Å². The van der Waals surface area contributed by atoms with Gasteiger partial charge in [0.2, 0.25) is 0 Å². The summed E-state index contributed by atoms with van der Waals surface area (Å²) < 4.78 is 23.4. The average Bonchev–Trinajstić information content (AvgIpc) is 2.39. The first-order chi connectivity index (χ1) is 9.38. The molecule has 0 amide bonds. The van der Waals surface area contributed by atoms with Gasteiger partial charge in [0, 0.05) is 24.6 Å². The van der Waals surface area contributed by atoms with E-state index in [0.717, 1.165) is 11.4 Å². The third kappa shape index (κ3) is 2.85. The van der Waals surface area contributed by atoms with Crippen LogP contribution in [-0.4, -0.2) is 42.5 Å². The maximum absolute atomic E-state index is 11.7. The molecule has 0 aromatic carbocycles. The fraction of sp³-hybridized carbons (Fsp3) is 0.667. The minimum atomic E-state index is -2.94. The van der Waals surface area contributed by atoms with Crippen molar-refractivity contribution in [2.24, 2.45) is 5.84 Å². The first-order valence-corrected chi connectivity index (χ1v) is 8.51. The predicted molar refractivity (Wildman–Crippen MR) is 79.4 cm³/mol. The Labute approximate surface area is 119 Å². The van der Waals surface area contributed by atoms with Gasteiger partial charge in [-0.2, -0.15) is 0 Å². The number of nitrogens with one attached hydrogen (secondary N) is 1. The van der Waals surface area contributed by atoms with Crippen molar-refractivity contribution in [1.29, 1.82) is 0 Å². The van der Waals surface area contributed by atoms with Gasteiger partial charge in [0.25, 0.3) is 0 Å².